The van der Waals surface area contributed by atoms with Crippen molar-refractivity contribution in [3.8, 4) is 0 Å². The van der Waals surface area contributed by atoms with Gasteiger partial charge in [-0.15, -0.1) is 0 Å². The molecule has 0 saturated carbocycles. The molecule has 0 radical (unpaired) electrons. The minimum atomic E-state index is -0.434. The second-order valence-corrected chi connectivity index (χ2v) is 17.4. The summed E-state index contributed by atoms with van der Waals surface area (Å²) in [7, 11) is 3.10. The quantitative estimate of drug-likeness (QED) is 0.159. The first kappa shape index (κ1) is 32.9. The van der Waals surface area contributed by atoms with E-state index in [0.29, 0.717) is 31.0 Å². The normalized spacial score (nSPS) is 21.1. The Morgan fingerprint density at radius 3 is 1.75 bits per heavy atom. The molecule has 1 aromatic rings. The van der Waals surface area contributed by atoms with Gasteiger partial charge in [0.25, 0.3) is 0 Å². The molecule has 2 saturated heterocycles. The van der Waals surface area contributed by atoms with Crippen LogP contribution in [0.5, 0.6) is 0 Å². The van der Waals surface area contributed by atoms with Crippen LogP contribution in [0.25, 0.3) is 5.57 Å². The van der Waals surface area contributed by atoms with Crippen molar-refractivity contribution in [2.24, 2.45) is 0 Å². The van der Waals surface area contributed by atoms with Gasteiger partial charge in [-0.3, -0.25) is 0 Å². The highest BCUT2D eigenvalue weighted by Gasteiger charge is 2.56. The first-order chi connectivity index (χ1) is 18.6. The number of hydrogen-bond acceptors (Lipinski definition) is 4. The van der Waals surface area contributed by atoms with Crippen LogP contribution in [0.15, 0.2) is 42.4 Å². The Kier molecular flexibility index (Phi) is 10.5. The molecule has 0 aliphatic carbocycles. The molecule has 0 unspecified atom stereocenters. The third-order valence-electron chi connectivity index (χ3n) is 8.63. The van der Waals surface area contributed by atoms with E-state index >= 15 is 0 Å². The van der Waals surface area contributed by atoms with Crippen molar-refractivity contribution in [2.75, 3.05) is 33.6 Å². The first-order valence-electron chi connectivity index (χ1n) is 15.0. The van der Waals surface area contributed by atoms with E-state index in [4.69, 9.17) is 18.9 Å². The van der Waals surface area contributed by atoms with E-state index in [1.165, 1.54) is 22.3 Å². The fourth-order valence-electron chi connectivity index (χ4n) is 6.75. The van der Waals surface area contributed by atoms with Gasteiger partial charge in [-0.1, -0.05) is 95.9 Å². The van der Waals surface area contributed by atoms with Crippen LogP contribution in [0.4, 0.5) is 0 Å². The molecule has 2 fully saturated rings. The maximum absolute atomic E-state index is 6.17. The van der Waals surface area contributed by atoms with Gasteiger partial charge in [0.2, 0.25) is 0 Å². The van der Waals surface area contributed by atoms with E-state index < -0.39 is 13.7 Å². The summed E-state index contributed by atoms with van der Waals surface area (Å²) in [6.07, 6.45) is 6.89. The highest BCUT2D eigenvalue weighted by Crippen LogP contribution is 2.69. The van der Waals surface area contributed by atoms with Crippen LogP contribution < -0.4 is 0 Å². The lowest BCUT2D eigenvalue weighted by Gasteiger charge is -2.55. The number of hydrogen-bond donors (Lipinski definition) is 0. The van der Waals surface area contributed by atoms with Crippen LogP contribution >= 0.6 is 7.92 Å². The molecular formula is C35H55O4P. The Morgan fingerprint density at radius 1 is 0.850 bits per heavy atom. The van der Waals surface area contributed by atoms with Crippen LogP contribution in [0.3, 0.4) is 0 Å². The fourth-order valence-corrected chi connectivity index (χ4v) is 10.7. The highest BCUT2D eigenvalue weighted by atomic mass is 31.1. The van der Waals surface area contributed by atoms with Gasteiger partial charge in [0.05, 0.1) is 33.2 Å². The molecule has 0 aromatic heterocycles. The predicted molar refractivity (Wildman–Crippen MR) is 172 cm³/mol. The average molecular weight is 571 g/mol. The summed E-state index contributed by atoms with van der Waals surface area (Å²) in [5.74, 6) is 2.54. The Hall–Kier alpha value is -1.61. The molecule has 0 atom stereocenters. The monoisotopic (exact) mass is 570 g/mol. The Bertz CT molecular complexity index is 1070. The third-order valence-corrected chi connectivity index (χ3v) is 12.5. The molecule has 1 spiro atoms. The fraction of sp³-hybridized carbons (Fsp3) is 0.657. The highest BCUT2D eigenvalue weighted by molar-refractivity contribution is 7.61. The number of benzene rings is 1. The minimum absolute atomic E-state index is 0.0902. The molecule has 0 N–H and O–H groups in total. The molecule has 0 amide bonds. The van der Waals surface area contributed by atoms with E-state index in [1.54, 1.807) is 14.2 Å². The zero-order valence-corrected chi connectivity index (χ0v) is 28.3. The molecule has 5 heteroatoms. The molecule has 3 rings (SSSR count). The number of allylic oxidation sites excluding steroid dienone is 4. The smallest absolute Gasteiger partial charge is 0.170 e. The van der Waals surface area contributed by atoms with Gasteiger partial charge in [0.1, 0.15) is 5.76 Å². The van der Waals surface area contributed by atoms with Gasteiger partial charge in [-0.2, -0.15) is 0 Å². The van der Waals surface area contributed by atoms with Gasteiger partial charge < -0.3 is 18.9 Å². The molecule has 2 aliphatic rings. The van der Waals surface area contributed by atoms with Gasteiger partial charge in [0, 0.05) is 24.6 Å². The second-order valence-electron chi connectivity index (χ2n) is 13.8. The minimum Gasteiger partial charge on any atom is -0.501 e. The Labute approximate surface area is 246 Å². The van der Waals surface area contributed by atoms with Gasteiger partial charge >= 0.3 is 0 Å². The van der Waals surface area contributed by atoms with Crippen LogP contribution in [0.1, 0.15) is 122 Å². The third kappa shape index (κ3) is 7.05. The zero-order valence-electron chi connectivity index (χ0n) is 27.4. The van der Waals surface area contributed by atoms with E-state index in [9.17, 15) is 0 Å². The summed E-state index contributed by atoms with van der Waals surface area (Å²) in [6, 6.07) is 4.73. The van der Waals surface area contributed by atoms with E-state index in [-0.39, 0.29) is 10.3 Å². The maximum Gasteiger partial charge on any atom is 0.170 e. The molecule has 1 aromatic carbocycles. The molecule has 0 bridgehead atoms. The van der Waals surface area contributed by atoms with Crippen molar-refractivity contribution < 1.29 is 18.9 Å². The van der Waals surface area contributed by atoms with Crippen molar-refractivity contribution >= 4 is 13.5 Å². The molecule has 224 valence electrons. The molecule has 40 heavy (non-hydrogen) atoms. The summed E-state index contributed by atoms with van der Waals surface area (Å²) in [6.45, 7) is 29.0. The number of rotatable bonds is 10. The molecular weight excluding hydrogens is 515 g/mol. The summed E-state index contributed by atoms with van der Waals surface area (Å²) in [4.78, 5) is 0. The van der Waals surface area contributed by atoms with Gasteiger partial charge in [-0.25, -0.2) is 0 Å². The molecule has 4 nitrogen and oxygen atoms in total. The summed E-state index contributed by atoms with van der Waals surface area (Å²) in [5.41, 5.74) is 6.19. The maximum atomic E-state index is 6.17. The zero-order chi connectivity index (χ0) is 30.0. The van der Waals surface area contributed by atoms with Crippen molar-refractivity contribution in [2.45, 2.75) is 116 Å². The number of ether oxygens (including phenoxy) is 4. The van der Waals surface area contributed by atoms with Crippen LogP contribution in [0.2, 0.25) is 0 Å². The molecule has 2 aliphatic heterocycles. The second kappa shape index (κ2) is 12.7. The standard InChI is InChI=1S/C35H55O4P/c1-23(2)27-18-29(24(3)4)32(30(19-27)25(5)6)26(7)31(37-13)15-14-28(36-12)20-40-33(8,9)21-35(22-34(40,10)11)38-16-17-39-35/h14-15,18-19,23-25H,7,16-17,20-22H2,1-6,8-13H3/b28-14+,31-15+. The lowest BCUT2D eigenvalue weighted by molar-refractivity contribution is -0.178. The Morgan fingerprint density at radius 2 is 1.35 bits per heavy atom. The average Bonchev–Trinajstić information content (AvgIpc) is 3.29. The lowest BCUT2D eigenvalue weighted by atomic mass is 9.81. The topological polar surface area (TPSA) is 36.9 Å². The van der Waals surface area contributed by atoms with Gasteiger partial charge in [-0.05, 0) is 62.5 Å². The number of methoxy groups -OCH3 is 2. The largest absolute Gasteiger partial charge is 0.501 e. The lowest BCUT2D eigenvalue weighted by Crippen LogP contribution is -2.51. The summed E-state index contributed by atoms with van der Waals surface area (Å²) < 4.78 is 24.3. The Balaban J connectivity index is 1.97. The SMILES string of the molecule is C=C(/C(=C\C=C(/CP1C(C)(C)CC2(CC1(C)C)OCCO2)OC)OC)c1c(C(C)C)cc(C(C)C)cc1C(C)C. The summed E-state index contributed by atoms with van der Waals surface area (Å²) >= 11 is 0. The van der Waals surface area contributed by atoms with Crippen LogP contribution in [-0.4, -0.2) is 49.7 Å². The van der Waals surface area contributed by atoms with Crippen molar-refractivity contribution in [1.29, 1.82) is 0 Å². The van der Waals surface area contributed by atoms with E-state index in [2.05, 4.69) is 100 Å². The van der Waals surface area contributed by atoms with Crippen molar-refractivity contribution in [3.05, 3.63) is 64.6 Å². The van der Waals surface area contributed by atoms with E-state index in [0.717, 1.165) is 36.1 Å². The predicted octanol–water partition coefficient (Wildman–Crippen LogP) is 9.71. The van der Waals surface area contributed by atoms with Crippen molar-refractivity contribution in [1.82, 2.24) is 0 Å². The molecule has 2 heterocycles. The van der Waals surface area contributed by atoms with Crippen molar-refractivity contribution in [3.63, 3.8) is 0 Å². The van der Waals surface area contributed by atoms with E-state index in [1.807, 2.05) is 0 Å². The van der Waals surface area contributed by atoms with Crippen LogP contribution in [0, 0.1) is 0 Å². The van der Waals surface area contributed by atoms with Crippen LogP contribution in [-0.2, 0) is 18.9 Å². The van der Waals surface area contributed by atoms with Gasteiger partial charge in [0.15, 0.2) is 5.79 Å². The summed E-state index contributed by atoms with van der Waals surface area (Å²) in [5, 5.41) is 0.180. The first-order valence-corrected chi connectivity index (χ1v) is 16.5.